The summed E-state index contributed by atoms with van der Waals surface area (Å²) in [5, 5.41) is 24.7. The number of amides is 3. The maximum absolute atomic E-state index is 13.2. The summed E-state index contributed by atoms with van der Waals surface area (Å²) in [6.45, 7) is 0. The molecule has 0 fully saturated rings. The highest BCUT2D eigenvalue weighted by Gasteiger charge is 2.29. The van der Waals surface area contributed by atoms with E-state index in [-0.39, 0.29) is 39.5 Å². The number of rotatable bonds is 6. The molecule has 13 nitrogen and oxygen atoms in total. The second-order valence-electron chi connectivity index (χ2n) is 6.96. The molecule has 0 saturated heterocycles. The van der Waals surface area contributed by atoms with Crippen LogP contribution in [-0.4, -0.2) is 37.8 Å². The molecule has 0 unspecified atom stereocenters. The summed E-state index contributed by atoms with van der Waals surface area (Å²) in [5.41, 5.74) is 6.33. The molecular formula is C22H16N6O7. The summed E-state index contributed by atoms with van der Waals surface area (Å²) in [6.07, 6.45) is -0.192. The Hall–Kier alpha value is -5.46. The van der Waals surface area contributed by atoms with Gasteiger partial charge >= 0.3 is 6.09 Å². The summed E-state index contributed by atoms with van der Waals surface area (Å²) in [5.74, 6) is -1.41. The van der Waals surface area contributed by atoms with Crippen LogP contribution in [0.3, 0.4) is 0 Å². The van der Waals surface area contributed by atoms with E-state index >= 15 is 0 Å². The molecule has 2 heterocycles. The van der Waals surface area contributed by atoms with Gasteiger partial charge in [0.2, 0.25) is 0 Å². The number of nitro groups is 1. The number of carbonyl (C=O) groups is 3. The quantitative estimate of drug-likeness (QED) is 0.242. The van der Waals surface area contributed by atoms with Crippen LogP contribution in [0.5, 0.6) is 0 Å². The van der Waals surface area contributed by atoms with Crippen LogP contribution in [-0.2, 0) is 0 Å². The monoisotopic (exact) mass is 476 g/mol. The van der Waals surface area contributed by atoms with E-state index in [9.17, 15) is 29.6 Å². The summed E-state index contributed by atoms with van der Waals surface area (Å²) in [6, 6.07) is 16.5. The number of furan rings is 1. The van der Waals surface area contributed by atoms with Gasteiger partial charge in [0.05, 0.1) is 11.2 Å². The van der Waals surface area contributed by atoms with Crippen molar-refractivity contribution in [3.8, 4) is 22.6 Å². The lowest BCUT2D eigenvalue weighted by molar-refractivity contribution is -0.384. The van der Waals surface area contributed by atoms with Crippen molar-refractivity contribution in [1.82, 2.24) is 20.7 Å². The minimum atomic E-state index is -1.54. The van der Waals surface area contributed by atoms with E-state index in [1.165, 1.54) is 48.7 Å². The summed E-state index contributed by atoms with van der Waals surface area (Å²) >= 11 is 0. The average molecular weight is 476 g/mol. The van der Waals surface area contributed by atoms with Gasteiger partial charge in [-0.3, -0.25) is 30.6 Å². The van der Waals surface area contributed by atoms with E-state index in [1.54, 1.807) is 24.3 Å². The molecule has 0 bridgehead atoms. The third-order valence-corrected chi connectivity index (χ3v) is 4.73. The van der Waals surface area contributed by atoms with Gasteiger partial charge < -0.3 is 9.52 Å². The number of hydrogen-bond donors (Lipinski definition) is 4. The van der Waals surface area contributed by atoms with Gasteiger partial charge in [-0.1, -0.05) is 30.3 Å². The van der Waals surface area contributed by atoms with Crippen molar-refractivity contribution in [2.24, 2.45) is 0 Å². The molecule has 2 aromatic carbocycles. The lowest BCUT2D eigenvalue weighted by Gasteiger charge is -2.11. The third-order valence-electron chi connectivity index (χ3n) is 4.73. The van der Waals surface area contributed by atoms with E-state index in [1.807, 2.05) is 5.43 Å². The van der Waals surface area contributed by atoms with Crippen molar-refractivity contribution in [2.45, 2.75) is 0 Å². The molecular weight excluding hydrogens is 460 g/mol. The molecule has 176 valence electrons. The number of aromatic nitrogens is 2. The highest BCUT2D eigenvalue weighted by atomic mass is 16.6. The van der Waals surface area contributed by atoms with Crippen LogP contribution < -0.4 is 16.3 Å². The van der Waals surface area contributed by atoms with Gasteiger partial charge in [-0.25, -0.2) is 10.2 Å². The van der Waals surface area contributed by atoms with Crippen LogP contribution in [0, 0.1) is 10.1 Å². The van der Waals surface area contributed by atoms with Crippen molar-refractivity contribution in [2.75, 3.05) is 5.43 Å². The maximum atomic E-state index is 13.2. The topological polar surface area (TPSA) is 182 Å². The van der Waals surface area contributed by atoms with E-state index in [0.717, 1.165) is 0 Å². The second-order valence-corrected chi connectivity index (χ2v) is 6.96. The lowest BCUT2D eigenvalue weighted by atomic mass is 10.0. The molecule has 2 aromatic heterocycles. The number of hydrogen-bond acceptors (Lipinski definition) is 7. The second kappa shape index (κ2) is 9.58. The van der Waals surface area contributed by atoms with Crippen LogP contribution in [0.25, 0.3) is 22.6 Å². The van der Waals surface area contributed by atoms with Crippen LogP contribution in [0.4, 0.5) is 10.5 Å². The minimum Gasteiger partial charge on any atom is -0.464 e. The molecule has 0 spiro atoms. The van der Waals surface area contributed by atoms with Gasteiger partial charge in [0.15, 0.2) is 11.5 Å². The van der Waals surface area contributed by atoms with Crippen LogP contribution in [0.15, 0.2) is 77.4 Å². The summed E-state index contributed by atoms with van der Waals surface area (Å²) < 4.78 is 5.38. The molecule has 35 heavy (non-hydrogen) atoms. The predicted molar refractivity (Wildman–Crippen MR) is 121 cm³/mol. The largest absolute Gasteiger partial charge is 0.464 e. The Kier molecular flexibility index (Phi) is 6.22. The zero-order valence-electron chi connectivity index (χ0n) is 17.7. The summed E-state index contributed by atoms with van der Waals surface area (Å²) in [4.78, 5) is 48.3. The molecule has 4 N–H and O–H groups in total. The normalized spacial score (nSPS) is 10.4. The molecule has 13 heteroatoms. The first-order valence-electron chi connectivity index (χ1n) is 9.92. The molecule has 0 aliphatic carbocycles. The van der Waals surface area contributed by atoms with Crippen LogP contribution >= 0.6 is 0 Å². The Bertz CT molecular complexity index is 1410. The van der Waals surface area contributed by atoms with Gasteiger partial charge in [-0.2, -0.15) is 4.79 Å². The first kappa shape index (κ1) is 22.7. The van der Waals surface area contributed by atoms with E-state index < -0.39 is 22.8 Å². The smallest absolute Gasteiger partial charge is 0.425 e. The number of hydrazine groups is 1. The summed E-state index contributed by atoms with van der Waals surface area (Å²) in [7, 11) is 0. The molecule has 4 rings (SSSR count). The highest BCUT2D eigenvalue weighted by Crippen LogP contribution is 2.36. The number of nitrogens with one attached hydrogen (secondary N) is 3. The van der Waals surface area contributed by atoms with Crippen LogP contribution in [0.1, 0.15) is 20.8 Å². The molecule has 0 aliphatic heterocycles. The van der Waals surface area contributed by atoms with Crippen molar-refractivity contribution < 1.29 is 28.8 Å². The van der Waals surface area contributed by atoms with Crippen molar-refractivity contribution in [1.29, 1.82) is 0 Å². The van der Waals surface area contributed by atoms with E-state index in [4.69, 9.17) is 4.42 Å². The Balaban J connectivity index is 1.81. The first-order chi connectivity index (χ1) is 16.8. The van der Waals surface area contributed by atoms with Gasteiger partial charge in [0.25, 0.3) is 17.5 Å². The number of nitrogens with zero attached hydrogens (tertiary/aromatic N) is 3. The number of carbonyl (C=O) groups excluding carboxylic acids is 2. The van der Waals surface area contributed by atoms with E-state index in [2.05, 4.69) is 16.0 Å². The van der Waals surface area contributed by atoms with Crippen molar-refractivity contribution in [3.05, 3.63) is 94.4 Å². The maximum Gasteiger partial charge on any atom is 0.425 e. The Morgan fingerprint density at radius 2 is 1.71 bits per heavy atom. The lowest BCUT2D eigenvalue weighted by Crippen LogP contribution is -2.43. The Morgan fingerprint density at radius 1 is 0.971 bits per heavy atom. The standard InChI is InChI=1S/C22H16N6O7/c29-20(13-6-2-1-3-7-13)23-24-21(30)19-17(14-8-4-9-15(12-14)28(33)34)18(16-10-5-11-35-16)25-27(19)26-22(31)32/h1-12,26H,(H,23,29)(H,24,30)(H,31,32). The molecule has 0 radical (unpaired) electrons. The fourth-order valence-corrected chi connectivity index (χ4v) is 3.27. The average Bonchev–Trinajstić information content (AvgIpc) is 3.51. The number of non-ortho nitro benzene ring substituents is 1. The Labute approximate surface area is 196 Å². The van der Waals surface area contributed by atoms with Crippen molar-refractivity contribution >= 4 is 23.6 Å². The first-order valence-corrected chi connectivity index (χ1v) is 9.92. The Morgan fingerprint density at radius 3 is 2.37 bits per heavy atom. The van der Waals surface area contributed by atoms with E-state index in [0.29, 0.717) is 4.79 Å². The number of nitro benzene ring substituents is 1. The van der Waals surface area contributed by atoms with Gasteiger partial charge in [-0.05, 0) is 29.8 Å². The number of carboxylic acid groups (broad SMARTS) is 1. The predicted octanol–water partition coefficient (Wildman–Crippen LogP) is 3.01. The minimum absolute atomic E-state index is 0.0313. The SMILES string of the molecule is O=C(O)Nn1nc(-c2ccco2)c(-c2cccc([N+](=O)[O-])c2)c1C(=O)NNC(=O)c1ccccc1. The van der Waals surface area contributed by atoms with Gasteiger partial charge in [0.1, 0.15) is 5.69 Å². The third kappa shape index (κ3) is 4.83. The zero-order valence-corrected chi connectivity index (χ0v) is 17.7. The highest BCUT2D eigenvalue weighted by molar-refractivity contribution is 6.05. The van der Waals surface area contributed by atoms with Gasteiger partial charge in [-0.15, -0.1) is 5.10 Å². The van der Waals surface area contributed by atoms with Gasteiger partial charge in [0, 0.05) is 23.3 Å². The van der Waals surface area contributed by atoms with Crippen LogP contribution in [0.2, 0.25) is 0 Å². The molecule has 0 aliphatic rings. The molecule has 3 amide bonds. The molecule has 0 saturated carbocycles. The fourth-order valence-electron chi connectivity index (χ4n) is 3.27. The fraction of sp³-hybridized carbons (Fsp3) is 0. The zero-order chi connectivity index (χ0) is 24.9. The number of benzene rings is 2. The molecule has 4 aromatic rings. The van der Waals surface area contributed by atoms with Crippen molar-refractivity contribution in [3.63, 3.8) is 0 Å². The molecule has 0 atom stereocenters.